The predicted octanol–water partition coefficient (Wildman–Crippen LogP) is 3.45. The number of benzene rings is 2. The van der Waals surface area contributed by atoms with Crippen molar-refractivity contribution < 1.29 is 9.47 Å². The molecule has 0 bridgehead atoms. The van der Waals surface area contributed by atoms with Crippen LogP contribution in [0.3, 0.4) is 0 Å². The zero-order valence-corrected chi connectivity index (χ0v) is 17.5. The molecule has 0 amide bonds. The fourth-order valence-corrected chi connectivity index (χ4v) is 3.39. The zero-order chi connectivity index (χ0) is 22.2. The van der Waals surface area contributed by atoms with Crippen LogP contribution in [-0.2, 0) is 16.1 Å². The van der Waals surface area contributed by atoms with Gasteiger partial charge < -0.3 is 9.47 Å². The van der Waals surface area contributed by atoms with Crippen molar-refractivity contribution >= 4 is 12.2 Å². The third-order valence-electron chi connectivity index (χ3n) is 5.04. The molecule has 1 unspecified atom stereocenters. The molecule has 0 saturated carbocycles. The quantitative estimate of drug-likeness (QED) is 0.419. The lowest BCUT2D eigenvalue weighted by molar-refractivity contribution is 0.0106. The molecule has 4 rings (SSSR count). The molecular formula is C24H23N5O3. The van der Waals surface area contributed by atoms with Gasteiger partial charge in [0.2, 0.25) is 5.95 Å². The molecule has 0 spiro atoms. The monoisotopic (exact) mass is 429 g/mol. The first-order chi connectivity index (χ1) is 15.7. The molecule has 8 nitrogen and oxygen atoms in total. The minimum Gasteiger partial charge on any atom is -0.376 e. The van der Waals surface area contributed by atoms with Gasteiger partial charge in [0.1, 0.15) is 11.6 Å². The van der Waals surface area contributed by atoms with E-state index in [-0.39, 0.29) is 17.6 Å². The van der Waals surface area contributed by atoms with Gasteiger partial charge in [-0.25, -0.2) is 10.4 Å². The van der Waals surface area contributed by atoms with Crippen molar-refractivity contribution in [1.29, 1.82) is 5.26 Å². The molecule has 1 atom stereocenters. The van der Waals surface area contributed by atoms with Crippen LogP contribution in [-0.4, -0.2) is 35.5 Å². The number of hydrogen-bond donors (Lipinski definition) is 2. The molecule has 1 saturated heterocycles. The van der Waals surface area contributed by atoms with E-state index in [0.717, 1.165) is 30.6 Å². The first-order valence-electron chi connectivity index (χ1n) is 10.4. The molecule has 1 fully saturated rings. The average molecular weight is 429 g/mol. The van der Waals surface area contributed by atoms with Gasteiger partial charge in [-0.3, -0.25) is 9.78 Å². The Morgan fingerprint density at radius 1 is 1.25 bits per heavy atom. The lowest BCUT2D eigenvalue weighted by Gasteiger charge is -2.10. The second-order valence-corrected chi connectivity index (χ2v) is 7.38. The van der Waals surface area contributed by atoms with E-state index in [1.165, 1.54) is 0 Å². The van der Waals surface area contributed by atoms with Crippen molar-refractivity contribution in [3.63, 3.8) is 0 Å². The van der Waals surface area contributed by atoms with Crippen LogP contribution >= 0.6 is 0 Å². The van der Waals surface area contributed by atoms with Gasteiger partial charge in [0.05, 0.1) is 31.2 Å². The van der Waals surface area contributed by atoms with Crippen LogP contribution in [0.5, 0.6) is 0 Å². The Kier molecular flexibility index (Phi) is 7.02. The van der Waals surface area contributed by atoms with Gasteiger partial charge >= 0.3 is 0 Å². The van der Waals surface area contributed by atoms with E-state index in [1.807, 2.05) is 48.5 Å². The highest BCUT2D eigenvalue weighted by atomic mass is 16.5. The first kappa shape index (κ1) is 21.4. The summed E-state index contributed by atoms with van der Waals surface area (Å²) in [5.41, 5.74) is 5.10. The minimum atomic E-state index is -0.522. The maximum absolute atomic E-state index is 12.3. The van der Waals surface area contributed by atoms with Crippen molar-refractivity contribution in [2.75, 3.05) is 18.6 Å². The number of aromatic amines is 1. The Morgan fingerprint density at radius 2 is 2.06 bits per heavy atom. The normalized spacial score (nSPS) is 15.7. The Hall–Kier alpha value is -3.80. The van der Waals surface area contributed by atoms with E-state index < -0.39 is 5.56 Å². The number of nitriles is 1. The van der Waals surface area contributed by atoms with Gasteiger partial charge in [-0.15, -0.1) is 0 Å². The summed E-state index contributed by atoms with van der Waals surface area (Å²) >= 11 is 0. The van der Waals surface area contributed by atoms with Crippen molar-refractivity contribution in [2.45, 2.75) is 25.6 Å². The highest BCUT2D eigenvalue weighted by Gasteiger charge is 2.15. The number of hydrazone groups is 1. The van der Waals surface area contributed by atoms with Crippen LogP contribution < -0.4 is 11.0 Å². The number of nitrogens with zero attached hydrogens (tertiary/aromatic N) is 3. The summed E-state index contributed by atoms with van der Waals surface area (Å²) in [4.78, 5) is 19.2. The van der Waals surface area contributed by atoms with Crippen LogP contribution in [0.15, 0.2) is 64.5 Å². The number of ether oxygens (including phenoxy) is 2. The van der Waals surface area contributed by atoms with Gasteiger partial charge in [0, 0.05) is 12.2 Å². The summed E-state index contributed by atoms with van der Waals surface area (Å²) < 4.78 is 11.3. The molecule has 32 heavy (non-hydrogen) atoms. The smallest absolute Gasteiger partial charge is 0.270 e. The lowest BCUT2D eigenvalue weighted by Crippen LogP contribution is -2.16. The second-order valence-electron chi connectivity index (χ2n) is 7.38. The molecule has 3 aromatic rings. The highest BCUT2D eigenvalue weighted by molar-refractivity contribution is 5.80. The van der Waals surface area contributed by atoms with Gasteiger partial charge in [0.15, 0.2) is 0 Å². The Morgan fingerprint density at radius 3 is 2.78 bits per heavy atom. The van der Waals surface area contributed by atoms with Gasteiger partial charge in [0.25, 0.3) is 5.56 Å². The molecule has 8 heteroatoms. The molecule has 2 N–H and O–H groups in total. The molecule has 2 heterocycles. The molecule has 2 aromatic carbocycles. The SMILES string of the molecule is N#Cc1c(-c2ccccc2)nc(NN=Cc2ccc(COCC3CCCO3)cc2)[nH]c1=O. The summed E-state index contributed by atoms with van der Waals surface area (Å²) in [6.07, 6.45) is 4.01. The number of hydrogen-bond acceptors (Lipinski definition) is 7. The second kappa shape index (κ2) is 10.5. The van der Waals surface area contributed by atoms with Crippen LogP contribution in [0.4, 0.5) is 5.95 Å². The topological polar surface area (TPSA) is 112 Å². The van der Waals surface area contributed by atoms with Crippen LogP contribution in [0, 0.1) is 11.3 Å². The summed E-state index contributed by atoms with van der Waals surface area (Å²) in [5.74, 6) is 0.156. The predicted molar refractivity (Wildman–Crippen MR) is 121 cm³/mol. The Balaban J connectivity index is 1.38. The molecule has 1 aliphatic heterocycles. The number of nitrogens with one attached hydrogen (secondary N) is 2. The molecule has 162 valence electrons. The standard InChI is InChI=1S/C24H23N5O3/c25-13-21-22(19-5-2-1-3-6-19)27-24(28-23(21)30)29-26-14-17-8-10-18(11-9-17)15-31-16-20-7-4-12-32-20/h1-3,5-6,8-11,14,20H,4,7,12,15-16H2,(H2,27,28,29,30). The number of anilines is 1. The number of rotatable bonds is 8. The maximum atomic E-state index is 12.3. The molecule has 0 radical (unpaired) electrons. The van der Waals surface area contributed by atoms with Crippen LogP contribution in [0.2, 0.25) is 0 Å². The average Bonchev–Trinajstić information content (AvgIpc) is 3.34. The molecule has 1 aliphatic rings. The van der Waals surface area contributed by atoms with Crippen molar-refractivity contribution in [1.82, 2.24) is 9.97 Å². The zero-order valence-electron chi connectivity index (χ0n) is 17.5. The van der Waals surface area contributed by atoms with Gasteiger partial charge in [-0.2, -0.15) is 10.4 Å². The highest BCUT2D eigenvalue weighted by Crippen LogP contribution is 2.19. The third-order valence-corrected chi connectivity index (χ3v) is 5.04. The van der Waals surface area contributed by atoms with Crippen molar-refractivity contribution in [3.8, 4) is 17.3 Å². The van der Waals surface area contributed by atoms with Crippen molar-refractivity contribution in [3.05, 3.63) is 81.6 Å². The molecule has 1 aromatic heterocycles. The third kappa shape index (κ3) is 5.46. The van der Waals surface area contributed by atoms with Crippen LogP contribution in [0.25, 0.3) is 11.3 Å². The van der Waals surface area contributed by atoms with E-state index >= 15 is 0 Å². The summed E-state index contributed by atoms with van der Waals surface area (Å²) in [6.45, 7) is 1.98. The van der Waals surface area contributed by atoms with Crippen molar-refractivity contribution in [2.24, 2.45) is 5.10 Å². The van der Waals surface area contributed by atoms with E-state index in [9.17, 15) is 10.1 Å². The van der Waals surface area contributed by atoms with Crippen LogP contribution in [0.1, 0.15) is 29.5 Å². The maximum Gasteiger partial charge on any atom is 0.270 e. The molecular weight excluding hydrogens is 406 g/mol. The van der Waals surface area contributed by atoms with Gasteiger partial charge in [-0.05, 0) is 24.0 Å². The van der Waals surface area contributed by atoms with Gasteiger partial charge in [-0.1, -0.05) is 54.6 Å². The summed E-state index contributed by atoms with van der Waals surface area (Å²) in [5, 5.41) is 13.5. The molecule has 0 aliphatic carbocycles. The lowest BCUT2D eigenvalue weighted by atomic mass is 10.1. The van der Waals surface area contributed by atoms with E-state index in [1.54, 1.807) is 18.3 Å². The van der Waals surface area contributed by atoms with E-state index in [2.05, 4.69) is 20.5 Å². The Labute approximate surface area is 185 Å². The van der Waals surface area contributed by atoms with E-state index in [4.69, 9.17) is 9.47 Å². The fraction of sp³-hybridized carbons (Fsp3) is 0.250. The number of aromatic nitrogens is 2. The largest absolute Gasteiger partial charge is 0.376 e. The minimum absolute atomic E-state index is 0.0389. The summed E-state index contributed by atoms with van der Waals surface area (Å²) in [6, 6.07) is 18.8. The first-order valence-corrected chi connectivity index (χ1v) is 10.4. The Bertz CT molecular complexity index is 1160. The van der Waals surface area contributed by atoms with E-state index in [0.29, 0.717) is 24.5 Å². The number of H-pyrrole nitrogens is 1. The summed E-state index contributed by atoms with van der Waals surface area (Å²) in [7, 11) is 0. The fourth-order valence-electron chi connectivity index (χ4n) is 3.39.